The molecule has 4 heteroatoms. The number of aromatic nitrogens is 1. The van der Waals surface area contributed by atoms with Gasteiger partial charge in [0.2, 0.25) is 0 Å². The fourth-order valence-corrected chi connectivity index (χ4v) is 2.64. The summed E-state index contributed by atoms with van der Waals surface area (Å²) in [7, 11) is 0. The highest BCUT2D eigenvalue weighted by Gasteiger charge is 2.32. The van der Waals surface area contributed by atoms with Crippen molar-refractivity contribution in [1.29, 1.82) is 0 Å². The van der Waals surface area contributed by atoms with Gasteiger partial charge in [0.25, 0.3) is 11.5 Å². The van der Waals surface area contributed by atoms with Crippen molar-refractivity contribution in [2.24, 2.45) is 11.8 Å². The number of benzene rings is 1. The number of aromatic amines is 1. The van der Waals surface area contributed by atoms with Crippen LogP contribution < -0.4 is 10.9 Å². The van der Waals surface area contributed by atoms with Crippen molar-refractivity contribution in [1.82, 2.24) is 10.3 Å². The van der Waals surface area contributed by atoms with Crippen molar-refractivity contribution in [3.8, 4) is 11.3 Å². The second kappa shape index (κ2) is 5.79. The van der Waals surface area contributed by atoms with Crippen LogP contribution in [0.3, 0.4) is 0 Å². The molecular formula is C18H20N2O2. The molecule has 0 unspecified atom stereocenters. The molecule has 1 aliphatic rings. The second-order valence-corrected chi connectivity index (χ2v) is 6.17. The Hall–Kier alpha value is -2.36. The molecule has 1 amide bonds. The highest BCUT2D eigenvalue weighted by Crippen LogP contribution is 2.36. The summed E-state index contributed by atoms with van der Waals surface area (Å²) in [6.07, 6.45) is 1.16. The first kappa shape index (κ1) is 14.6. The summed E-state index contributed by atoms with van der Waals surface area (Å²) in [6, 6.07) is 11.3. The minimum Gasteiger partial charge on any atom is -0.352 e. The Morgan fingerprint density at radius 2 is 2.09 bits per heavy atom. The molecule has 2 aromatic rings. The van der Waals surface area contributed by atoms with Crippen LogP contribution >= 0.6 is 0 Å². The van der Waals surface area contributed by atoms with Crippen LogP contribution in [0.15, 0.2) is 41.2 Å². The second-order valence-electron chi connectivity index (χ2n) is 6.17. The van der Waals surface area contributed by atoms with Crippen LogP contribution in [0.2, 0.25) is 0 Å². The molecule has 0 saturated heterocycles. The summed E-state index contributed by atoms with van der Waals surface area (Å²) in [5.74, 6) is 0.952. The maximum absolute atomic E-state index is 12.1. The number of nitrogens with one attached hydrogen (secondary N) is 2. The number of H-pyrrole nitrogens is 1. The van der Waals surface area contributed by atoms with Crippen molar-refractivity contribution < 1.29 is 4.79 Å². The van der Waals surface area contributed by atoms with E-state index in [4.69, 9.17) is 0 Å². The standard InChI is InChI=1S/C18H20N2O2/c1-11-4-3-5-13(8-11)16-7-6-15(18(22)20-16)17(21)19-10-14-9-12(14)2/h3-8,12,14H,9-10H2,1-2H3,(H,19,21)(H,20,22)/t12-,14-/m1/s1. The summed E-state index contributed by atoms with van der Waals surface area (Å²) < 4.78 is 0. The number of pyridine rings is 1. The predicted octanol–water partition coefficient (Wildman–Crippen LogP) is 2.74. The van der Waals surface area contributed by atoms with Crippen LogP contribution in [0.1, 0.15) is 29.3 Å². The Balaban J connectivity index is 1.77. The minimum atomic E-state index is -0.347. The van der Waals surface area contributed by atoms with E-state index in [1.165, 1.54) is 0 Å². The lowest BCUT2D eigenvalue weighted by Crippen LogP contribution is -2.31. The number of rotatable bonds is 4. The molecule has 1 heterocycles. The van der Waals surface area contributed by atoms with Crippen LogP contribution in [0.4, 0.5) is 0 Å². The van der Waals surface area contributed by atoms with Crippen molar-refractivity contribution >= 4 is 5.91 Å². The minimum absolute atomic E-state index is 0.171. The fraction of sp³-hybridized carbons (Fsp3) is 0.333. The van der Waals surface area contributed by atoms with E-state index in [9.17, 15) is 9.59 Å². The molecule has 0 aliphatic heterocycles. The van der Waals surface area contributed by atoms with E-state index in [1.54, 1.807) is 12.1 Å². The smallest absolute Gasteiger partial charge is 0.261 e. The summed E-state index contributed by atoms with van der Waals surface area (Å²) in [4.78, 5) is 27.0. The van der Waals surface area contributed by atoms with Crippen LogP contribution in [0.5, 0.6) is 0 Å². The van der Waals surface area contributed by atoms with Crippen molar-refractivity contribution in [3.05, 3.63) is 57.9 Å². The maximum Gasteiger partial charge on any atom is 0.261 e. The summed E-state index contributed by atoms with van der Waals surface area (Å²) in [5, 5.41) is 2.84. The Morgan fingerprint density at radius 3 is 2.73 bits per heavy atom. The topological polar surface area (TPSA) is 62.0 Å². The third kappa shape index (κ3) is 3.11. The Morgan fingerprint density at radius 1 is 1.32 bits per heavy atom. The molecular weight excluding hydrogens is 276 g/mol. The Kier molecular flexibility index (Phi) is 3.84. The first-order valence-corrected chi connectivity index (χ1v) is 7.63. The number of carbonyl (C=O) groups excluding carboxylic acids is 1. The summed E-state index contributed by atoms with van der Waals surface area (Å²) >= 11 is 0. The molecule has 0 radical (unpaired) electrons. The lowest BCUT2D eigenvalue weighted by molar-refractivity contribution is 0.0950. The molecule has 1 fully saturated rings. The molecule has 2 N–H and O–H groups in total. The molecule has 4 nitrogen and oxygen atoms in total. The van der Waals surface area contributed by atoms with Gasteiger partial charge < -0.3 is 10.3 Å². The largest absolute Gasteiger partial charge is 0.352 e. The Labute approximate surface area is 129 Å². The van der Waals surface area contributed by atoms with Crippen LogP contribution in [0.25, 0.3) is 11.3 Å². The third-order valence-electron chi connectivity index (χ3n) is 4.28. The van der Waals surface area contributed by atoms with Gasteiger partial charge >= 0.3 is 0 Å². The lowest BCUT2D eigenvalue weighted by atomic mass is 10.1. The molecule has 1 aromatic carbocycles. The van der Waals surface area contributed by atoms with Crippen LogP contribution in [0, 0.1) is 18.8 Å². The van der Waals surface area contributed by atoms with Gasteiger partial charge in [-0.05, 0) is 48.9 Å². The predicted molar refractivity (Wildman–Crippen MR) is 86.8 cm³/mol. The van der Waals surface area contributed by atoms with Gasteiger partial charge in [-0.15, -0.1) is 0 Å². The van der Waals surface area contributed by atoms with Crippen molar-refractivity contribution in [3.63, 3.8) is 0 Å². The maximum atomic E-state index is 12.1. The van der Waals surface area contributed by atoms with Crippen molar-refractivity contribution in [2.45, 2.75) is 20.3 Å². The molecule has 3 rings (SSSR count). The molecule has 2 atom stereocenters. The number of hydrogen-bond acceptors (Lipinski definition) is 2. The number of hydrogen-bond donors (Lipinski definition) is 2. The van der Waals surface area contributed by atoms with Crippen molar-refractivity contribution in [2.75, 3.05) is 6.54 Å². The van der Waals surface area contributed by atoms with Gasteiger partial charge in [0.05, 0.1) is 0 Å². The quantitative estimate of drug-likeness (QED) is 0.911. The number of carbonyl (C=O) groups is 1. The highest BCUT2D eigenvalue weighted by atomic mass is 16.2. The first-order valence-electron chi connectivity index (χ1n) is 7.63. The molecule has 22 heavy (non-hydrogen) atoms. The average molecular weight is 296 g/mol. The van der Waals surface area contributed by atoms with Gasteiger partial charge in [-0.1, -0.05) is 30.7 Å². The normalized spacial score (nSPS) is 19.7. The molecule has 1 aliphatic carbocycles. The zero-order chi connectivity index (χ0) is 15.7. The number of amides is 1. The fourth-order valence-electron chi connectivity index (χ4n) is 2.64. The van der Waals surface area contributed by atoms with E-state index in [0.717, 1.165) is 23.2 Å². The van der Waals surface area contributed by atoms with E-state index in [0.29, 0.717) is 18.4 Å². The van der Waals surface area contributed by atoms with Gasteiger partial charge in [-0.2, -0.15) is 0 Å². The van der Waals surface area contributed by atoms with Gasteiger partial charge in [0, 0.05) is 12.2 Å². The summed E-state index contributed by atoms with van der Waals surface area (Å²) in [6.45, 7) is 4.82. The van der Waals surface area contributed by atoms with Gasteiger partial charge in [-0.3, -0.25) is 9.59 Å². The van der Waals surface area contributed by atoms with Gasteiger partial charge in [-0.25, -0.2) is 0 Å². The van der Waals surface area contributed by atoms with Crippen LogP contribution in [-0.4, -0.2) is 17.4 Å². The average Bonchev–Trinajstić information content (AvgIpc) is 3.20. The molecule has 1 aromatic heterocycles. The molecule has 1 saturated carbocycles. The van der Waals surface area contributed by atoms with E-state index in [-0.39, 0.29) is 17.0 Å². The summed E-state index contributed by atoms with van der Waals surface area (Å²) in [5.41, 5.74) is 2.61. The van der Waals surface area contributed by atoms with E-state index >= 15 is 0 Å². The molecule has 0 spiro atoms. The Bertz CT molecular complexity index is 764. The van der Waals surface area contributed by atoms with Crippen LogP contribution in [-0.2, 0) is 0 Å². The molecule has 0 bridgehead atoms. The van der Waals surface area contributed by atoms with E-state index < -0.39 is 0 Å². The van der Waals surface area contributed by atoms with Gasteiger partial charge in [0.1, 0.15) is 5.56 Å². The lowest BCUT2D eigenvalue weighted by Gasteiger charge is -2.06. The third-order valence-corrected chi connectivity index (χ3v) is 4.28. The van der Waals surface area contributed by atoms with E-state index in [2.05, 4.69) is 17.2 Å². The van der Waals surface area contributed by atoms with E-state index in [1.807, 2.05) is 31.2 Å². The first-order chi connectivity index (χ1) is 10.5. The monoisotopic (exact) mass is 296 g/mol. The zero-order valence-corrected chi connectivity index (χ0v) is 12.8. The van der Waals surface area contributed by atoms with Gasteiger partial charge in [0.15, 0.2) is 0 Å². The number of aryl methyl sites for hydroxylation is 1. The SMILES string of the molecule is Cc1cccc(-c2ccc(C(=O)NC[C@H]3C[C@H]3C)c(=O)[nH]2)c1. The highest BCUT2D eigenvalue weighted by molar-refractivity contribution is 5.94. The molecule has 114 valence electrons. The zero-order valence-electron chi connectivity index (χ0n) is 12.8.